The topological polar surface area (TPSA) is 37.8 Å². The monoisotopic (exact) mass is 211 g/mol. The van der Waals surface area contributed by atoms with Crippen LogP contribution in [0, 0.1) is 6.92 Å². The molecule has 1 N–H and O–H groups in total. The molecule has 0 aliphatic heterocycles. The lowest BCUT2D eigenvalue weighted by molar-refractivity contribution is 0.595. The zero-order valence-corrected chi connectivity index (χ0v) is 9.82. The summed E-state index contributed by atoms with van der Waals surface area (Å²) in [6, 6.07) is 0.218. The summed E-state index contributed by atoms with van der Waals surface area (Å²) in [6.07, 6.45) is 1.12. The van der Waals surface area contributed by atoms with E-state index in [0.29, 0.717) is 0 Å². The highest BCUT2D eigenvalue weighted by Gasteiger charge is 2.16. The molecule has 78 valence electrons. The smallest absolute Gasteiger partial charge is 0.0776 e. The SMILES string of the molecule is C=C(C)C(NCCC)c1snnc1C. The fourth-order valence-corrected chi connectivity index (χ4v) is 2.10. The van der Waals surface area contributed by atoms with Gasteiger partial charge < -0.3 is 5.32 Å². The fraction of sp³-hybridized carbons (Fsp3) is 0.600. The van der Waals surface area contributed by atoms with Crippen LogP contribution in [0.3, 0.4) is 0 Å². The molecule has 0 amide bonds. The normalized spacial score (nSPS) is 12.8. The first-order valence-corrected chi connectivity index (χ1v) is 5.61. The van der Waals surface area contributed by atoms with Gasteiger partial charge in [0.1, 0.15) is 0 Å². The van der Waals surface area contributed by atoms with Crippen molar-refractivity contribution in [2.45, 2.75) is 33.2 Å². The summed E-state index contributed by atoms with van der Waals surface area (Å²) in [5, 5.41) is 7.46. The van der Waals surface area contributed by atoms with Crippen molar-refractivity contribution < 1.29 is 0 Å². The minimum atomic E-state index is 0.218. The molecule has 0 saturated carbocycles. The molecule has 1 aromatic heterocycles. The van der Waals surface area contributed by atoms with Gasteiger partial charge in [0, 0.05) is 0 Å². The molecule has 0 radical (unpaired) electrons. The molecule has 0 aromatic carbocycles. The van der Waals surface area contributed by atoms with E-state index in [9.17, 15) is 0 Å². The standard InChI is InChI=1S/C10H17N3S/c1-5-6-11-9(7(2)3)10-8(4)12-13-14-10/h9,11H,2,5-6H2,1,3-4H3. The molecule has 1 aromatic rings. The van der Waals surface area contributed by atoms with Crippen molar-refractivity contribution in [1.29, 1.82) is 0 Å². The lowest BCUT2D eigenvalue weighted by Crippen LogP contribution is -2.22. The maximum Gasteiger partial charge on any atom is 0.0776 e. The second kappa shape index (κ2) is 5.22. The van der Waals surface area contributed by atoms with E-state index >= 15 is 0 Å². The van der Waals surface area contributed by atoms with Crippen molar-refractivity contribution in [3.8, 4) is 0 Å². The second-order valence-electron chi connectivity index (χ2n) is 3.46. The highest BCUT2D eigenvalue weighted by Crippen LogP contribution is 2.25. The van der Waals surface area contributed by atoms with E-state index in [-0.39, 0.29) is 6.04 Å². The number of nitrogens with zero attached hydrogens (tertiary/aromatic N) is 2. The summed E-state index contributed by atoms with van der Waals surface area (Å²) in [4.78, 5) is 1.19. The summed E-state index contributed by atoms with van der Waals surface area (Å²) < 4.78 is 3.94. The van der Waals surface area contributed by atoms with Gasteiger partial charge in [0.05, 0.1) is 16.6 Å². The quantitative estimate of drug-likeness (QED) is 0.760. The number of aryl methyl sites for hydroxylation is 1. The van der Waals surface area contributed by atoms with Crippen LogP contribution in [-0.4, -0.2) is 16.1 Å². The summed E-state index contributed by atoms with van der Waals surface area (Å²) in [5.74, 6) is 0. The molecule has 0 spiro atoms. The predicted octanol–water partition coefficient (Wildman–Crippen LogP) is 2.46. The van der Waals surface area contributed by atoms with Gasteiger partial charge in [-0.05, 0) is 38.3 Å². The average molecular weight is 211 g/mol. The maximum atomic E-state index is 4.02. The summed E-state index contributed by atoms with van der Waals surface area (Å²) in [6.45, 7) is 11.2. The van der Waals surface area contributed by atoms with Crippen LogP contribution in [0.15, 0.2) is 12.2 Å². The first kappa shape index (κ1) is 11.3. The Bertz CT molecular complexity index is 306. The molecular weight excluding hydrogens is 194 g/mol. The number of rotatable bonds is 5. The molecule has 1 heterocycles. The zero-order valence-electron chi connectivity index (χ0n) is 9.00. The first-order valence-electron chi connectivity index (χ1n) is 4.84. The molecule has 4 heteroatoms. The van der Waals surface area contributed by atoms with E-state index < -0.39 is 0 Å². The Morgan fingerprint density at radius 3 is 2.79 bits per heavy atom. The van der Waals surface area contributed by atoms with Gasteiger partial charge in [0.2, 0.25) is 0 Å². The summed E-state index contributed by atoms with van der Waals surface area (Å²) in [5.41, 5.74) is 2.12. The molecule has 14 heavy (non-hydrogen) atoms. The minimum absolute atomic E-state index is 0.218. The zero-order chi connectivity index (χ0) is 10.6. The van der Waals surface area contributed by atoms with E-state index in [2.05, 4.69) is 28.4 Å². The van der Waals surface area contributed by atoms with E-state index in [0.717, 1.165) is 24.2 Å². The van der Waals surface area contributed by atoms with Crippen LogP contribution in [0.25, 0.3) is 0 Å². The number of hydrogen-bond acceptors (Lipinski definition) is 4. The molecule has 1 unspecified atom stereocenters. The summed E-state index contributed by atoms with van der Waals surface area (Å²) >= 11 is 1.45. The van der Waals surface area contributed by atoms with E-state index in [1.54, 1.807) is 0 Å². The van der Waals surface area contributed by atoms with Crippen LogP contribution in [-0.2, 0) is 0 Å². The van der Waals surface area contributed by atoms with Gasteiger partial charge in [-0.15, -0.1) is 5.10 Å². The Hall–Kier alpha value is -0.740. The molecule has 0 aliphatic carbocycles. The number of nitrogens with one attached hydrogen (secondary N) is 1. The van der Waals surface area contributed by atoms with Gasteiger partial charge in [-0.2, -0.15) is 0 Å². The Kier molecular flexibility index (Phi) is 4.22. The highest BCUT2D eigenvalue weighted by atomic mass is 32.1. The lowest BCUT2D eigenvalue weighted by atomic mass is 10.1. The molecular formula is C10H17N3S. The fourth-order valence-electron chi connectivity index (χ4n) is 1.28. The lowest BCUT2D eigenvalue weighted by Gasteiger charge is -2.16. The largest absolute Gasteiger partial charge is 0.306 e. The van der Waals surface area contributed by atoms with E-state index in [1.165, 1.54) is 16.4 Å². The van der Waals surface area contributed by atoms with Crippen LogP contribution in [0.5, 0.6) is 0 Å². The van der Waals surface area contributed by atoms with Crippen LogP contribution < -0.4 is 5.32 Å². The Morgan fingerprint density at radius 2 is 2.36 bits per heavy atom. The van der Waals surface area contributed by atoms with Gasteiger partial charge in [-0.25, -0.2) is 0 Å². The van der Waals surface area contributed by atoms with Crippen LogP contribution in [0.4, 0.5) is 0 Å². The van der Waals surface area contributed by atoms with Gasteiger partial charge in [0.15, 0.2) is 0 Å². The Labute approximate surface area is 89.4 Å². The van der Waals surface area contributed by atoms with Crippen LogP contribution >= 0.6 is 11.5 Å². The minimum Gasteiger partial charge on any atom is -0.306 e. The average Bonchev–Trinajstić information content (AvgIpc) is 2.52. The van der Waals surface area contributed by atoms with Crippen molar-refractivity contribution in [1.82, 2.24) is 14.9 Å². The van der Waals surface area contributed by atoms with E-state index in [4.69, 9.17) is 0 Å². The molecule has 0 fully saturated rings. The van der Waals surface area contributed by atoms with Crippen LogP contribution in [0.2, 0.25) is 0 Å². The van der Waals surface area contributed by atoms with Crippen LogP contribution in [0.1, 0.15) is 36.9 Å². The van der Waals surface area contributed by atoms with Crippen molar-refractivity contribution in [2.24, 2.45) is 0 Å². The van der Waals surface area contributed by atoms with Gasteiger partial charge in [-0.1, -0.05) is 23.6 Å². The molecule has 0 bridgehead atoms. The third kappa shape index (κ3) is 2.62. The second-order valence-corrected chi connectivity index (χ2v) is 4.24. The Balaban J connectivity index is 2.78. The molecule has 1 atom stereocenters. The van der Waals surface area contributed by atoms with Gasteiger partial charge >= 0.3 is 0 Å². The van der Waals surface area contributed by atoms with E-state index in [1.807, 2.05) is 13.8 Å². The summed E-state index contributed by atoms with van der Waals surface area (Å²) in [7, 11) is 0. The van der Waals surface area contributed by atoms with Crippen molar-refractivity contribution in [3.63, 3.8) is 0 Å². The van der Waals surface area contributed by atoms with Gasteiger partial charge in [-0.3, -0.25) is 0 Å². The van der Waals surface area contributed by atoms with Crippen molar-refractivity contribution in [3.05, 3.63) is 22.7 Å². The predicted molar refractivity (Wildman–Crippen MR) is 60.5 cm³/mol. The molecule has 1 rings (SSSR count). The Morgan fingerprint density at radius 1 is 1.64 bits per heavy atom. The highest BCUT2D eigenvalue weighted by molar-refractivity contribution is 7.05. The first-order chi connectivity index (χ1) is 6.66. The molecule has 0 aliphatic rings. The number of aromatic nitrogens is 2. The van der Waals surface area contributed by atoms with Crippen molar-refractivity contribution >= 4 is 11.5 Å². The molecule has 0 saturated heterocycles. The third-order valence-corrected chi connectivity index (χ3v) is 2.93. The van der Waals surface area contributed by atoms with Crippen molar-refractivity contribution in [2.75, 3.05) is 6.54 Å². The van der Waals surface area contributed by atoms with Gasteiger partial charge in [0.25, 0.3) is 0 Å². The third-order valence-electron chi connectivity index (χ3n) is 2.04. The molecule has 3 nitrogen and oxygen atoms in total. The number of hydrogen-bond donors (Lipinski definition) is 1. The maximum absolute atomic E-state index is 4.02.